The van der Waals surface area contributed by atoms with Crippen LogP contribution in [0.25, 0.3) is 0 Å². The van der Waals surface area contributed by atoms with Gasteiger partial charge in [0.1, 0.15) is 5.82 Å². The Morgan fingerprint density at radius 2 is 1.89 bits per heavy atom. The maximum absolute atomic E-state index is 14.0. The number of anilines is 1. The lowest BCUT2D eigenvalue weighted by atomic mass is 10.1. The van der Waals surface area contributed by atoms with Gasteiger partial charge in [-0.1, -0.05) is 19.9 Å². The van der Waals surface area contributed by atoms with E-state index >= 15 is 0 Å². The first kappa shape index (κ1) is 15.0. The van der Waals surface area contributed by atoms with Gasteiger partial charge in [0.15, 0.2) is 0 Å². The molecule has 2 nitrogen and oxygen atoms in total. The molecule has 0 fully saturated rings. The Morgan fingerprint density at radius 3 is 2.39 bits per heavy atom. The van der Waals surface area contributed by atoms with Gasteiger partial charge in [-0.3, -0.25) is 0 Å². The molecule has 0 unspecified atom stereocenters. The molecule has 1 N–H and O–H groups in total. The van der Waals surface area contributed by atoms with Gasteiger partial charge in [-0.15, -0.1) is 0 Å². The second-order valence-electron chi connectivity index (χ2n) is 4.98. The van der Waals surface area contributed by atoms with Crippen molar-refractivity contribution in [2.45, 2.75) is 34.2 Å². The van der Waals surface area contributed by atoms with Gasteiger partial charge in [0.05, 0.1) is 5.69 Å². The topological polar surface area (TPSA) is 15.3 Å². The molecule has 0 saturated carbocycles. The Kier molecular flexibility index (Phi) is 6.13. The molecule has 18 heavy (non-hydrogen) atoms. The zero-order chi connectivity index (χ0) is 13.5. The van der Waals surface area contributed by atoms with E-state index in [1.807, 2.05) is 30.9 Å². The van der Waals surface area contributed by atoms with Gasteiger partial charge in [0, 0.05) is 19.6 Å². The van der Waals surface area contributed by atoms with Crippen molar-refractivity contribution in [3.63, 3.8) is 0 Å². The summed E-state index contributed by atoms with van der Waals surface area (Å²) in [4.78, 5) is 2.03. The second kappa shape index (κ2) is 7.37. The Morgan fingerprint density at radius 1 is 1.22 bits per heavy atom. The van der Waals surface area contributed by atoms with E-state index in [2.05, 4.69) is 19.2 Å². The summed E-state index contributed by atoms with van der Waals surface area (Å²) < 4.78 is 14.0. The molecule has 0 radical (unpaired) electrons. The van der Waals surface area contributed by atoms with E-state index in [4.69, 9.17) is 0 Å². The third-order valence-corrected chi connectivity index (χ3v) is 3.00. The highest BCUT2D eigenvalue weighted by Crippen LogP contribution is 2.20. The van der Waals surface area contributed by atoms with E-state index in [0.29, 0.717) is 11.6 Å². The first-order chi connectivity index (χ1) is 8.58. The summed E-state index contributed by atoms with van der Waals surface area (Å²) in [5, 5.41) is 3.32. The molecule has 3 heteroatoms. The molecular formula is C15H25FN2. The molecule has 0 saturated heterocycles. The van der Waals surface area contributed by atoms with Crippen molar-refractivity contribution >= 4 is 5.69 Å². The van der Waals surface area contributed by atoms with Gasteiger partial charge in [0.2, 0.25) is 0 Å². The lowest BCUT2D eigenvalue weighted by Gasteiger charge is -2.22. The quantitative estimate of drug-likeness (QED) is 0.800. The van der Waals surface area contributed by atoms with Crippen LogP contribution in [0.1, 0.15) is 33.3 Å². The summed E-state index contributed by atoms with van der Waals surface area (Å²) in [5.41, 5.74) is 1.71. The van der Waals surface area contributed by atoms with Crippen LogP contribution < -0.4 is 10.2 Å². The number of hydrogen-bond acceptors (Lipinski definition) is 2. The van der Waals surface area contributed by atoms with Crippen LogP contribution in [-0.2, 0) is 6.54 Å². The summed E-state index contributed by atoms with van der Waals surface area (Å²) in [6, 6.07) is 5.53. The fourth-order valence-electron chi connectivity index (χ4n) is 1.99. The van der Waals surface area contributed by atoms with E-state index in [9.17, 15) is 4.39 Å². The predicted octanol–water partition coefficient (Wildman–Crippen LogP) is 3.42. The summed E-state index contributed by atoms with van der Waals surface area (Å²) in [6.45, 7) is 11.8. The van der Waals surface area contributed by atoms with Crippen LogP contribution in [0.15, 0.2) is 18.2 Å². The number of nitrogens with zero attached hydrogens (tertiary/aromatic N) is 1. The fourth-order valence-corrected chi connectivity index (χ4v) is 1.99. The van der Waals surface area contributed by atoms with Gasteiger partial charge in [-0.2, -0.15) is 0 Å². The number of rotatable bonds is 7. The molecule has 102 valence electrons. The van der Waals surface area contributed by atoms with Crippen LogP contribution in [0.5, 0.6) is 0 Å². The third kappa shape index (κ3) is 4.30. The molecule has 0 spiro atoms. The van der Waals surface area contributed by atoms with E-state index in [1.165, 1.54) is 0 Å². The molecule has 0 bridgehead atoms. The maximum atomic E-state index is 14.0. The smallest absolute Gasteiger partial charge is 0.146 e. The van der Waals surface area contributed by atoms with Crippen LogP contribution in [0, 0.1) is 11.7 Å². The van der Waals surface area contributed by atoms with Crippen LogP contribution in [0.2, 0.25) is 0 Å². The highest BCUT2D eigenvalue weighted by atomic mass is 19.1. The minimum absolute atomic E-state index is 0.123. The molecule has 0 aliphatic heterocycles. The lowest BCUT2D eigenvalue weighted by Crippen LogP contribution is -2.23. The summed E-state index contributed by atoms with van der Waals surface area (Å²) in [5.74, 6) is 0.493. The van der Waals surface area contributed by atoms with Crippen LogP contribution in [-0.4, -0.2) is 19.6 Å². The molecule has 0 heterocycles. The van der Waals surface area contributed by atoms with E-state index in [0.717, 1.165) is 31.7 Å². The highest BCUT2D eigenvalue weighted by molar-refractivity contribution is 5.49. The van der Waals surface area contributed by atoms with Crippen molar-refractivity contribution in [2.75, 3.05) is 24.5 Å². The molecular weight excluding hydrogens is 227 g/mol. The van der Waals surface area contributed by atoms with Gasteiger partial charge >= 0.3 is 0 Å². The molecule has 0 aliphatic carbocycles. The predicted molar refractivity (Wildman–Crippen MR) is 76.5 cm³/mol. The fraction of sp³-hybridized carbons (Fsp3) is 0.600. The van der Waals surface area contributed by atoms with Gasteiger partial charge in [0.25, 0.3) is 0 Å². The molecule has 0 aromatic heterocycles. The second-order valence-corrected chi connectivity index (χ2v) is 4.98. The Bertz CT molecular complexity index is 360. The molecule has 0 amide bonds. The lowest BCUT2D eigenvalue weighted by molar-refractivity contribution is 0.550. The third-order valence-electron chi connectivity index (χ3n) is 3.00. The van der Waals surface area contributed by atoms with E-state index in [1.54, 1.807) is 6.07 Å². The van der Waals surface area contributed by atoms with Gasteiger partial charge < -0.3 is 10.2 Å². The zero-order valence-corrected chi connectivity index (χ0v) is 12.0. The zero-order valence-electron chi connectivity index (χ0n) is 12.0. The number of halogens is 1. The number of hydrogen-bond donors (Lipinski definition) is 1. The molecule has 1 aromatic rings. The SMILES string of the molecule is CCN(CC)c1ccc(CNCC(C)C)cc1F. The highest BCUT2D eigenvalue weighted by Gasteiger charge is 2.08. The van der Waals surface area contributed by atoms with Crippen LogP contribution in [0.3, 0.4) is 0 Å². The normalized spacial score (nSPS) is 11.0. The van der Waals surface area contributed by atoms with Crippen molar-refractivity contribution in [3.05, 3.63) is 29.6 Å². The molecule has 1 aromatic carbocycles. The Hall–Kier alpha value is -1.09. The largest absolute Gasteiger partial charge is 0.370 e. The minimum atomic E-state index is -0.123. The van der Waals surface area contributed by atoms with Crippen LogP contribution >= 0.6 is 0 Å². The van der Waals surface area contributed by atoms with Gasteiger partial charge in [-0.05, 0) is 44.0 Å². The van der Waals surface area contributed by atoms with E-state index < -0.39 is 0 Å². The van der Waals surface area contributed by atoms with Crippen molar-refractivity contribution in [2.24, 2.45) is 5.92 Å². The first-order valence-electron chi connectivity index (χ1n) is 6.82. The van der Waals surface area contributed by atoms with Crippen molar-refractivity contribution in [1.82, 2.24) is 5.32 Å². The standard InChI is InChI=1S/C15H25FN2/c1-5-18(6-2)15-8-7-13(9-14(15)16)11-17-10-12(3)4/h7-9,12,17H,5-6,10-11H2,1-4H3. The molecule has 1 rings (SSSR count). The number of nitrogens with one attached hydrogen (secondary N) is 1. The monoisotopic (exact) mass is 252 g/mol. The van der Waals surface area contributed by atoms with Crippen LogP contribution in [0.4, 0.5) is 10.1 Å². The average molecular weight is 252 g/mol. The summed E-state index contributed by atoms with van der Waals surface area (Å²) in [7, 11) is 0. The summed E-state index contributed by atoms with van der Waals surface area (Å²) >= 11 is 0. The Labute approximate surface area is 110 Å². The molecule has 0 atom stereocenters. The summed E-state index contributed by atoms with van der Waals surface area (Å²) in [6.07, 6.45) is 0. The minimum Gasteiger partial charge on any atom is -0.370 e. The Balaban J connectivity index is 2.67. The van der Waals surface area contributed by atoms with Crippen molar-refractivity contribution < 1.29 is 4.39 Å². The van der Waals surface area contributed by atoms with Crippen molar-refractivity contribution in [3.8, 4) is 0 Å². The van der Waals surface area contributed by atoms with Crippen molar-refractivity contribution in [1.29, 1.82) is 0 Å². The maximum Gasteiger partial charge on any atom is 0.146 e. The number of benzene rings is 1. The molecule has 0 aliphatic rings. The first-order valence-corrected chi connectivity index (χ1v) is 6.82. The van der Waals surface area contributed by atoms with E-state index in [-0.39, 0.29) is 5.82 Å². The average Bonchev–Trinajstić information content (AvgIpc) is 2.32. The van der Waals surface area contributed by atoms with Gasteiger partial charge in [-0.25, -0.2) is 4.39 Å².